The summed E-state index contributed by atoms with van der Waals surface area (Å²) in [5.41, 5.74) is 2.24. The third-order valence-corrected chi connectivity index (χ3v) is 2.79. The first-order valence-electron chi connectivity index (χ1n) is 5.31. The van der Waals surface area contributed by atoms with Crippen LogP contribution >= 0.6 is 0 Å². The normalized spacial score (nSPS) is 28.5. The van der Waals surface area contributed by atoms with Crippen molar-refractivity contribution in [2.75, 3.05) is 26.4 Å². The van der Waals surface area contributed by atoms with Gasteiger partial charge in [-0.25, -0.2) is 0 Å². The summed E-state index contributed by atoms with van der Waals surface area (Å²) in [6.45, 7) is 2.69. The number of ether oxygens (including phenoxy) is 4. The molecule has 2 aliphatic heterocycles. The highest BCUT2D eigenvalue weighted by atomic mass is 16.7. The standard InChI is InChI=1S/C11H14O4/c1-2-8(10-12-4-5-13-10)9(3-1)11-14-6-7-15-11/h1-2,10-11H,3-7H2. The fourth-order valence-corrected chi connectivity index (χ4v) is 2.10. The Morgan fingerprint density at radius 2 is 1.47 bits per heavy atom. The van der Waals surface area contributed by atoms with Gasteiger partial charge in [0, 0.05) is 5.57 Å². The van der Waals surface area contributed by atoms with Crippen molar-refractivity contribution in [1.82, 2.24) is 0 Å². The van der Waals surface area contributed by atoms with Crippen LogP contribution in [0, 0.1) is 0 Å². The van der Waals surface area contributed by atoms with E-state index < -0.39 is 0 Å². The summed E-state index contributed by atoms with van der Waals surface area (Å²) in [4.78, 5) is 0. The summed E-state index contributed by atoms with van der Waals surface area (Å²) in [5.74, 6) is 0. The number of allylic oxidation sites excluding steroid dienone is 1. The molecule has 15 heavy (non-hydrogen) atoms. The first kappa shape index (κ1) is 9.54. The van der Waals surface area contributed by atoms with Gasteiger partial charge < -0.3 is 18.9 Å². The van der Waals surface area contributed by atoms with Gasteiger partial charge in [-0.15, -0.1) is 0 Å². The Balaban J connectivity index is 1.81. The van der Waals surface area contributed by atoms with E-state index in [0.29, 0.717) is 26.4 Å². The van der Waals surface area contributed by atoms with Crippen molar-refractivity contribution in [3.05, 3.63) is 23.3 Å². The molecule has 0 N–H and O–H groups in total. The second kappa shape index (κ2) is 4.06. The maximum atomic E-state index is 5.50. The molecule has 0 unspecified atom stereocenters. The minimum absolute atomic E-state index is 0.192. The van der Waals surface area contributed by atoms with Gasteiger partial charge in [-0.3, -0.25) is 0 Å². The Labute approximate surface area is 88.4 Å². The molecule has 0 saturated carbocycles. The monoisotopic (exact) mass is 210 g/mol. The highest BCUT2D eigenvalue weighted by Gasteiger charge is 2.30. The van der Waals surface area contributed by atoms with E-state index in [9.17, 15) is 0 Å². The predicted octanol–water partition coefficient (Wildman–Crippen LogP) is 0.989. The molecule has 0 aromatic rings. The van der Waals surface area contributed by atoms with Crippen LogP contribution in [-0.2, 0) is 18.9 Å². The quantitative estimate of drug-likeness (QED) is 0.681. The molecule has 2 heterocycles. The van der Waals surface area contributed by atoms with E-state index in [1.165, 1.54) is 0 Å². The maximum absolute atomic E-state index is 5.50. The molecule has 3 rings (SSSR count). The van der Waals surface area contributed by atoms with E-state index in [4.69, 9.17) is 18.9 Å². The van der Waals surface area contributed by atoms with Crippen molar-refractivity contribution in [2.24, 2.45) is 0 Å². The van der Waals surface area contributed by atoms with E-state index >= 15 is 0 Å². The summed E-state index contributed by atoms with van der Waals surface area (Å²) in [6, 6.07) is 0. The molecule has 4 heteroatoms. The van der Waals surface area contributed by atoms with E-state index in [2.05, 4.69) is 12.2 Å². The lowest BCUT2D eigenvalue weighted by Gasteiger charge is -2.16. The van der Waals surface area contributed by atoms with Gasteiger partial charge in [0.1, 0.15) is 0 Å². The lowest BCUT2D eigenvalue weighted by Crippen LogP contribution is -2.17. The Bertz CT molecular complexity index is 296. The van der Waals surface area contributed by atoms with Crippen molar-refractivity contribution in [3.63, 3.8) is 0 Å². The average molecular weight is 210 g/mol. The van der Waals surface area contributed by atoms with Crippen molar-refractivity contribution in [3.8, 4) is 0 Å². The second-order valence-corrected chi connectivity index (χ2v) is 3.73. The fourth-order valence-electron chi connectivity index (χ4n) is 2.10. The molecule has 0 bridgehead atoms. The van der Waals surface area contributed by atoms with Gasteiger partial charge in [-0.1, -0.05) is 12.2 Å². The summed E-state index contributed by atoms with van der Waals surface area (Å²) in [5, 5.41) is 0. The van der Waals surface area contributed by atoms with E-state index in [-0.39, 0.29) is 12.6 Å². The lowest BCUT2D eigenvalue weighted by molar-refractivity contribution is -0.0274. The minimum atomic E-state index is -0.216. The molecule has 0 aromatic heterocycles. The van der Waals surface area contributed by atoms with Crippen LogP contribution in [0.3, 0.4) is 0 Å². The molecular formula is C11H14O4. The summed E-state index contributed by atoms with van der Waals surface area (Å²) in [7, 11) is 0. The molecular weight excluding hydrogens is 196 g/mol. The summed E-state index contributed by atoms with van der Waals surface area (Å²) < 4.78 is 22.0. The van der Waals surface area contributed by atoms with E-state index in [1.54, 1.807) is 0 Å². The third kappa shape index (κ3) is 1.74. The smallest absolute Gasteiger partial charge is 0.184 e. The first-order chi connectivity index (χ1) is 7.45. The van der Waals surface area contributed by atoms with Gasteiger partial charge >= 0.3 is 0 Å². The molecule has 2 fully saturated rings. The Morgan fingerprint density at radius 3 is 2.13 bits per heavy atom. The summed E-state index contributed by atoms with van der Waals surface area (Å²) >= 11 is 0. The topological polar surface area (TPSA) is 36.9 Å². The van der Waals surface area contributed by atoms with Crippen LogP contribution in [0.5, 0.6) is 0 Å². The number of hydrogen-bond acceptors (Lipinski definition) is 4. The van der Waals surface area contributed by atoms with Crippen LogP contribution in [0.2, 0.25) is 0 Å². The predicted molar refractivity (Wildman–Crippen MR) is 52.2 cm³/mol. The van der Waals surface area contributed by atoms with Crippen molar-refractivity contribution >= 4 is 0 Å². The first-order valence-corrected chi connectivity index (χ1v) is 5.31. The van der Waals surface area contributed by atoms with E-state index in [1.807, 2.05) is 0 Å². The van der Waals surface area contributed by atoms with Gasteiger partial charge in [0.2, 0.25) is 0 Å². The Kier molecular flexibility index (Phi) is 2.58. The Hall–Kier alpha value is -0.680. The Morgan fingerprint density at radius 1 is 0.867 bits per heavy atom. The molecule has 82 valence electrons. The van der Waals surface area contributed by atoms with Crippen molar-refractivity contribution in [2.45, 2.75) is 19.0 Å². The average Bonchev–Trinajstić information content (AvgIpc) is 3.01. The molecule has 0 amide bonds. The molecule has 4 nitrogen and oxygen atoms in total. The molecule has 0 atom stereocenters. The van der Waals surface area contributed by atoms with Gasteiger partial charge in [-0.2, -0.15) is 0 Å². The van der Waals surface area contributed by atoms with Crippen LogP contribution < -0.4 is 0 Å². The van der Waals surface area contributed by atoms with Crippen LogP contribution in [0.1, 0.15) is 6.42 Å². The van der Waals surface area contributed by atoms with Crippen LogP contribution in [0.25, 0.3) is 0 Å². The van der Waals surface area contributed by atoms with Crippen molar-refractivity contribution < 1.29 is 18.9 Å². The minimum Gasteiger partial charge on any atom is -0.346 e. The highest BCUT2D eigenvalue weighted by Crippen LogP contribution is 2.31. The third-order valence-electron chi connectivity index (χ3n) is 2.79. The lowest BCUT2D eigenvalue weighted by atomic mass is 10.1. The molecule has 1 aliphatic carbocycles. The molecule has 0 radical (unpaired) electrons. The van der Waals surface area contributed by atoms with Crippen LogP contribution in [0.4, 0.5) is 0 Å². The highest BCUT2D eigenvalue weighted by molar-refractivity contribution is 5.37. The fraction of sp³-hybridized carbons (Fsp3) is 0.636. The molecule has 0 spiro atoms. The largest absolute Gasteiger partial charge is 0.346 e. The van der Waals surface area contributed by atoms with Gasteiger partial charge in [0.15, 0.2) is 12.6 Å². The van der Waals surface area contributed by atoms with Crippen molar-refractivity contribution in [1.29, 1.82) is 0 Å². The summed E-state index contributed by atoms with van der Waals surface area (Å²) in [6.07, 6.45) is 4.62. The zero-order valence-corrected chi connectivity index (χ0v) is 8.48. The van der Waals surface area contributed by atoms with E-state index in [0.717, 1.165) is 17.6 Å². The molecule has 3 aliphatic rings. The zero-order chi connectivity index (χ0) is 10.1. The van der Waals surface area contributed by atoms with Crippen LogP contribution in [0.15, 0.2) is 23.3 Å². The van der Waals surface area contributed by atoms with Gasteiger partial charge in [0.05, 0.1) is 26.4 Å². The second-order valence-electron chi connectivity index (χ2n) is 3.73. The molecule has 2 saturated heterocycles. The van der Waals surface area contributed by atoms with Gasteiger partial charge in [-0.05, 0) is 12.0 Å². The van der Waals surface area contributed by atoms with Crippen LogP contribution in [-0.4, -0.2) is 39.0 Å². The number of rotatable bonds is 2. The SMILES string of the molecule is C1=CC(C2OCCO2)=C(C2OCCO2)C1. The maximum Gasteiger partial charge on any atom is 0.184 e. The molecule has 0 aromatic carbocycles. The number of hydrogen-bond donors (Lipinski definition) is 0. The van der Waals surface area contributed by atoms with Gasteiger partial charge in [0.25, 0.3) is 0 Å². The zero-order valence-electron chi connectivity index (χ0n) is 8.48.